The van der Waals surface area contributed by atoms with Crippen LogP contribution in [0.2, 0.25) is 0 Å². The Bertz CT molecular complexity index is 446. The molecular weight excluding hydrogens is 312 g/mol. The summed E-state index contributed by atoms with van der Waals surface area (Å²) in [6.45, 7) is 3.67. The number of carbonyl (C=O) groups excluding carboxylic acids is 2. The van der Waals surface area contributed by atoms with E-state index >= 15 is 0 Å². The predicted molar refractivity (Wildman–Crippen MR) is 90.2 cm³/mol. The number of nitrogens with zero attached hydrogens (tertiary/aromatic N) is 2. The van der Waals surface area contributed by atoms with E-state index in [1.807, 2.05) is 0 Å². The number of hydrogen-bond acceptors (Lipinski definition) is 6. The van der Waals surface area contributed by atoms with Crippen molar-refractivity contribution in [1.82, 2.24) is 10.6 Å². The molecule has 0 saturated carbocycles. The van der Waals surface area contributed by atoms with Crippen molar-refractivity contribution in [1.29, 1.82) is 0 Å². The fourth-order valence-electron chi connectivity index (χ4n) is 2.35. The van der Waals surface area contributed by atoms with E-state index in [4.69, 9.17) is 9.47 Å². The standard InChI is InChI=1S/C16H26N4O4/c21-13(15-19-9-5-11-23-15)17-7-3-1-2-4-8-18-14(22)16-20-10-6-12-24-16/h1-12H2,(H,17,21)(H,18,22). The number of unbranched alkanes of at least 4 members (excludes halogenated alkanes) is 3. The van der Waals surface area contributed by atoms with Gasteiger partial charge in [0.05, 0.1) is 13.2 Å². The summed E-state index contributed by atoms with van der Waals surface area (Å²) in [6.07, 6.45) is 5.49. The maximum Gasteiger partial charge on any atom is 0.306 e. The van der Waals surface area contributed by atoms with Crippen molar-refractivity contribution in [3.63, 3.8) is 0 Å². The Morgan fingerprint density at radius 2 is 1.25 bits per heavy atom. The molecule has 2 aliphatic rings. The maximum atomic E-state index is 11.7. The molecule has 0 saturated heterocycles. The monoisotopic (exact) mass is 338 g/mol. The van der Waals surface area contributed by atoms with Gasteiger partial charge in [-0.3, -0.25) is 9.59 Å². The summed E-state index contributed by atoms with van der Waals surface area (Å²) in [6, 6.07) is 0. The van der Waals surface area contributed by atoms with Crippen molar-refractivity contribution in [2.24, 2.45) is 9.98 Å². The SMILES string of the molecule is O=C(NCCCCCCNC(=O)C1=NCCCO1)C1=NCCCO1. The Morgan fingerprint density at radius 3 is 1.62 bits per heavy atom. The van der Waals surface area contributed by atoms with E-state index in [1.54, 1.807) is 0 Å². The smallest absolute Gasteiger partial charge is 0.306 e. The van der Waals surface area contributed by atoms with Gasteiger partial charge in [0.15, 0.2) is 0 Å². The van der Waals surface area contributed by atoms with Crippen LogP contribution in [0.3, 0.4) is 0 Å². The first kappa shape index (κ1) is 18.2. The molecule has 0 unspecified atom stereocenters. The van der Waals surface area contributed by atoms with E-state index in [1.165, 1.54) is 0 Å². The second-order valence-corrected chi connectivity index (χ2v) is 5.70. The van der Waals surface area contributed by atoms with Gasteiger partial charge in [0, 0.05) is 39.0 Å². The second-order valence-electron chi connectivity index (χ2n) is 5.70. The van der Waals surface area contributed by atoms with E-state index in [0.29, 0.717) is 39.4 Å². The molecule has 0 aromatic rings. The highest BCUT2D eigenvalue weighted by atomic mass is 16.5. The van der Waals surface area contributed by atoms with Crippen molar-refractivity contribution in [3.8, 4) is 0 Å². The van der Waals surface area contributed by atoms with Crippen LogP contribution in [0.15, 0.2) is 9.98 Å². The molecular formula is C16H26N4O4. The fourth-order valence-corrected chi connectivity index (χ4v) is 2.35. The van der Waals surface area contributed by atoms with Crippen molar-refractivity contribution in [2.75, 3.05) is 39.4 Å². The molecule has 0 radical (unpaired) electrons. The lowest BCUT2D eigenvalue weighted by Gasteiger charge is -2.13. The Morgan fingerprint density at radius 1 is 0.792 bits per heavy atom. The minimum Gasteiger partial charge on any atom is -0.474 e. The van der Waals surface area contributed by atoms with Gasteiger partial charge in [0.25, 0.3) is 11.8 Å². The molecule has 0 aromatic heterocycles. The van der Waals surface area contributed by atoms with Gasteiger partial charge >= 0.3 is 11.8 Å². The van der Waals surface area contributed by atoms with Crippen LogP contribution in [0.4, 0.5) is 0 Å². The van der Waals surface area contributed by atoms with Crippen molar-refractivity contribution in [3.05, 3.63) is 0 Å². The lowest BCUT2D eigenvalue weighted by Crippen LogP contribution is -2.35. The summed E-state index contributed by atoms with van der Waals surface area (Å²) >= 11 is 0. The fraction of sp³-hybridized carbons (Fsp3) is 0.750. The number of amides is 2. The summed E-state index contributed by atoms with van der Waals surface area (Å²) in [5, 5.41) is 5.62. The summed E-state index contributed by atoms with van der Waals surface area (Å²) in [5.41, 5.74) is 0. The first-order valence-corrected chi connectivity index (χ1v) is 8.68. The van der Waals surface area contributed by atoms with E-state index < -0.39 is 0 Å². The zero-order valence-corrected chi connectivity index (χ0v) is 14.0. The second kappa shape index (κ2) is 10.6. The van der Waals surface area contributed by atoms with Crippen molar-refractivity contribution in [2.45, 2.75) is 38.5 Å². The lowest BCUT2D eigenvalue weighted by atomic mass is 10.2. The van der Waals surface area contributed by atoms with E-state index in [9.17, 15) is 9.59 Å². The third-order valence-electron chi connectivity index (χ3n) is 3.66. The molecule has 0 bridgehead atoms. The van der Waals surface area contributed by atoms with Crippen LogP contribution in [0, 0.1) is 0 Å². The zero-order valence-electron chi connectivity index (χ0n) is 14.0. The van der Waals surface area contributed by atoms with Crippen LogP contribution in [0.5, 0.6) is 0 Å². The molecule has 134 valence electrons. The third kappa shape index (κ3) is 6.55. The lowest BCUT2D eigenvalue weighted by molar-refractivity contribution is -0.117. The number of rotatable bonds is 9. The Hall–Kier alpha value is -2.12. The number of ether oxygens (including phenoxy) is 2. The summed E-state index contributed by atoms with van der Waals surface area (Å²) < 4.78 is 10.4. The number of aliphatic imine (C=N–C) groups is 2. The molecule has 8 nitrogen and oxygen atoms in total. The van der Waals surface area contributed by atoms with Crippen LogP contribution >= 0.6 is 0 Å². The van der Waals surface area contributed by atoms with Gasteiger partial charge in [-0.2, -0.15) is 0 Å². The van der Waals surface area contributed by atoms with Crippen molar-refractivity contribution >= 4 is 23.6 Å². The number of nitrogens with one attached hydrogen (secondary N) is 2. The third-order valence-corrected chi connectivity index (χ3v) is 3.66. The van der Waals surface area contributed by atoms with Gasteiger partial charge in [0.1, 0.15) is 0 Å². The summed E-state index contributed by atoms with van der Waals surface area (Å²) in [7, 11) is 0. The molecule has 0 fully saturated rings. The molecule has 2 rings (SSSR count). The normalized spacial score (nSPS) is 17.0. The minimum atomic E-state index is -0.227. The molecule has 0 atom stereocenters. The molecule has 24 heavy (non-hydrogen) atoms. The number of carbonyl (C=O) groups is 2. The number of hydrogen-bond donors (Lipinski definition) is 2. The molecule has 2 aliphatic heterocycles. The molecule has 2 heterocycles. The maximum absolute atomic E-state index is 11.7. The van der Waals surface area contributed by atoms with Gasteiger partial charge in [-0.1, -0.05) is 12.8 Å². The summed E-state index contributed by atoms with van der Waals surface area (Å²) in [5.74, 6) is -0.0425. The quantitative estimate of drug-likeness (QED) is 0.595. The van der Waals surface area contributed by atoms with Crippen LogP contribution in [0.25, 0.3) is 0 Å². The molecule has 0 aromatic carbocycles. The average Bonchev–Trinajstić information content (AvgIpc) is 2.65. The van der Waals surface area contributed by atoms with Gasteiger partial charge in [-0.05, 0) is 12.8 Å². The topological polar surface area (TPSA) is 101 Å². The molecule has 2 N–H and O–H groups in total. The van der Waals surface area contributed by atoms with Crippen LogP contribution < -0.4 is 10.6 Å². The molecule has 8 heteroatoms. The average molecular weight is 338 g/mol. The first-order chi connectivity index (χ1) is 11.8. The van der Waals surface area contributed by atoms with E-state index in [-0.39, 0.29) is 23.6 Å². The van der Waals surface area contributed by atoms with Gasteiger partial charge in [-0.15, -0.1) is 0 Å². The largest absolute Gasteiger partial charge is 0.474 e. The summed E-state index contributed by atoms with van der Waals surface area (Å²) in [4.78, 5) is 31.5. The van der Waals surface area contributed by atoms with Crippen LogP contribution in [-0.2, 0) is 19.1 Å². The van der Waals surface area contributed by atoms with E-state index in [0.717, 1.165) is 38.5 Å². The van der Waals surface area contributed by atoms with Crippen LogP contribution in [-0.4, -0.2) is 63.0 Å². The highest BCUT2D eigenvalue weighted by Crippen LogP contribution is 2.00. The Balaban J connectivity index is 1.44. The highest BCUT2D eigenvalue weighted by molar-refractivity contribution is 6.35. The Labute approximate surface area is 142 Å². The molecule has 2 amide bonds. The van der Waals surface area contributed by atoms with Crippen LogP contribution in [0.1, 0.15) is 38.5 Å². The van der Waals surface area contributed by atoms with Crippen molar-refractivity contribution < 1.29 is 19.1 Å². The van der Waals surface area contributed by atoms with E-state index in [2.05, 4.69) is 20.6 Å². The minimum absolute atomic E-state index is 0.205. The van der Waals surface area contributed by atoms with Gasteiger partial charge in [0.2, 0.25) is 0 Å². The van der Waals surface area contributed by atoms with Gasteiger partial charge < -0.3 is 20.1 Å². The highest BCUT2D eigenvalue weighted by Gasteiger charge is 2.15. The molecule has 0 aliphatic carbocycles. The predicted octanol–water partition coefficient (Wildman–Crippen LogP) is 0.417. The molecule has 0 spiro atoms. The zero-order chi connectivity index (χ0) is 17.0. The van der Waals surface area contributed by atoms with Gasteiger partial charge in [-0.25, -0.2) is 9.98 Å². The first-order valence-electron chi connectivity index (χ1n) is 8.68. The Kier molecular flexibility index (Phi) is 8.06.